The maximum absolute atomic E-state index is 13.0. The molecule has 176 valence electrons. The number of amides is 1. The van der Waals surface area contributed by atoms with Crippen molar-refractivity contribution in [2.45, 2.75) is 78.6 Å². The summed E-state index contributed by atoms with van der Waals surface area (Å²) >= 11 is 0. The maximum Gasteiger partial charge on any atom is 0.256 e. The number of phenols is 1. The highest BCUT2D eigenvalue weighted by Gasteiger charge is 2.65. The van der Waals surface area contributed by atoms with Crippen LogP contribution in [0.15, 0.2) is 12.1 Å². The Hall–Kier alpha value is -2.08. The number of ketones is 1. The molecule has 0 saturated heterocycles. The van der Waals surface area contributed by atoms with E-state index >= 15 is 0 Å². The standard InChI is InChI=1S/C26H37NO5/c1-8-25(5)15(2)9-10-19-24(3,4)20(29)11-12-26(19,25)32-18-14-16(28)13-17-21(18)23(31-7)27(6)22(17)30/h13-15,19,23,28H,8-12H2,1-7H3. The normalized spacial score (nSPS) is 36.1. The van der Waals surface area contributed by atoms with Crippen LogP contribution in [0.5, 0.6) is 11.5 Å². The number of carbonyl (C=O) groups excluding carboxylic acids is 2. The maximum atomic E-state index is 13.0. The number of carbonyl (C=O) groups is 2. The van der Waals surface area contributed by atoms with Crippen molar-refractivity contribution in [3.63, 3.8) is 0 Å². The topological polar surface area (TPSA) is 76.1 Å². The average molecular weight is 444 g/mol. The predicted octanol–water partition coefficient (Wildman–Crippen LogP) is 5.09. The lowest BCUT2D eigenvalue weighted by molar-refractivity contribution is -0.203. The van der Waals surface area contributed by atoms with E-state index in [1.807, 2.05) is 0 Å². The summed E-state index contributed by atoms with van der Waals surface area (Å²) in [5.41, 5.74) is -0.167. The number of fused-ring (bicyclic) bond motifs is 2. The van der Waals surface area contributed by atoms with Crippen LogP contribution < -0.4 is 4.74 Å². The second-order valence-corrected chi connectivity index (χ2v) is 10.8. The minimum atomic E-state index is -0.582. The fourth-order valence-electron chi connectivity index (χ4n) is 6.98. The van der Waals surface area contributed by atoms with Gasteiger partial charge in [-0.1, -0.05) is 34.6 Å². The van der Waals surface area contributed by atoms with Crippen LogP contribution in [0.3, 0.4) is 0 Å². The van der Waals surface area contributed by atoms with Gasteiger partial charge in [-0.25, -0.2) is 0 Å². The van der Waals surface area contributed by atoms with Gasteiger partial charge < -0.3 is 19.5 Å². The summed E-state index contributed by atoms with van der Waals surface area (Å²) in [6.45, 7) is 10.9. The molecule has 6 nitrogen and oxygen atoms in total. The molecule has 2 saturated carbocycles. The molecule has 3 aliphatic rings. The van der Waals surface area contributed by atoms with Gasteiger partial charge >= 0.3 is 0 Å². The van der Waals surface area contributed by atoms with E-state index in [1.165, 1.54) is 11.0 Å². The summed E-state index contributed by atoms with van der Waals surface area (Å²) < 4.78 is 12.8. The Morgan fingerprint density at radius 1 is 1.19 bits per heavy atom. The molecule has 6 heteroatoms. The van der Waals surface area contributed by atoms with E-state index in [0.717, 1.165) is 19.3 Å². The smallest absolute Gasteiger partial charge is 0.256 e. The second-order valence-electron chi connectivity index (χ2n) is 10.8. The Morgan fingerprint density at radius 2 is 1.88 bits per heavy atom. The number of phenolic OH excluding ortho intramolecular Hbond substituents is 1. The predicted molar refractivity (Wildman–Crippen MR) is 122 cm³/mol. The molecule has 0 spiro atoms. The Bertz CT molecular complexity index is 956. The van der Waals surface area contributed by atoms with Crippen LogP contribution in [0.4, 0.5) is 0 Å². The van der Waals surface area contributed by atoms with Crippen molar-refractivity contribution in [1.29, 1.82) is 0 Å². The lowest BCUT2D eigenvalue weighted by Crippen LogP contribution is -2.67. The van der Waals surface area contributed by atoms with Crippen molar-refractivity contribution in [1.82, 2.24) is 4.90 Å². The summed E-state index contributed by atoms with van der Waals surface area (Å²) in [6, 6.07) is 3.11. The van der Waals surface area contributed by atoms with Gasteiger partial charge in [-0.15, -0.1) is 0 Å². The van der Waals surface area contributed by atoms with Gasteiger partial charge in [0.25, 0.3) is 5.91 Å². The number of hydrogen-bond acceptors (Lipinski definition) is 5. The number of nitrogens with zero attached hydrogens (tertiary/aromatic N) is 1. The van der Waals surface area contributed by atoms with Crippen LogP contribution in [0.2, 0.25) is 0 Å². The summed E-state index contributed by atoms with van der Waals surface area (Å²) in [4.78, 5) is 27.4. The number of rotatable bonds is 4. The minimum absolute atomic E-state index is 0.00147. The van der Waals surface area contributed by atoms with Gasteiger partial charge in [-0.2, -0.15) is 0 Å². The van der Waals surface area contributed by atoms with Gasteiger partial charge in [0.05, 0.1) is 11.1 Å². The Balaban J connectivity index is 1.93. The van der Waals surface area contributed by atoms with Crippen LogP contribution in [-0.2, 0) is 9.53 Å². The Labute approximate surface area is 191 Å². The highest BCUT2D eigenvalue weighted by atomic mass is 16.5. The molecule has 0 aromatic heterocycles. The van der Waals surface area contributed by atoms with Gasteiger partial charge in [0.15, 0.2) is 6.23 Å². The zero-order valence-corrected chi connectivity index (χ0v) is 20.4. The molecule has 2 fully saturated rings. The van der Waals surface area contributed by atoms with Crippen LogP contribution in [0.25, 0.3) is 0 Å². The van der Waals surface area contributed by atoms with Crippen molar-refractivity contribution in [3.8, 4) is 11.5 Å². The first kappa shape index (κ1) is 23.1. The molecule has 2 aliphatic carbocycles. The Morgan fingerprint density at radius 3 is 2.50 bits per heavy atom. The van der Waals surface area contributed by atoms with E-state index in [-0.39, 0.29) is 23.0 Å². The van der Waals surface area contributed by atoms with Crippen LogP contribution in [-0.4, -0.2) is 41.5 Å². The summed E-state index contributed by atoms with van der Waals surface area (Å²) in [7, 11) is 3.27. The molecule has 0 radical (unpaired) electrons. The first-order valence-electron chi connectivity index (χ1n) is 11.8. The molecule has 32 heavy (non-hydrogen) atoms. The lowest BCUT2D eigenvalue weighted by Gasteiger charge is -2.63. The quantitative estimate of drug-likeness (QED) is 0.701. The number of Topliss-reactive ketones (excluding diaryl/α,β-unsaturated/α-hetero) is 1. The van der Waals surface area contributed by atoms with Crippen molar-refractivity contribution in [2.24, 2.45) is 22.7 Å². The summed E-state index contributed by atoms with van der Waals surface area (Å²) in [6.07, 6.45) is 3.43. The molecule has 0 bridgehead atoms. The van der Waals surface area contributed by atoms with E-state index in [9.17, 15) is 14.7 Å². The first-order valence-corrected chi connectivity index (χ1v) is 11.8. The van der Waals surface area contributed by atoms with Crippen molar-refractivity contribution < 1.29 is 24.2 Å². The number of benzene rings is 1. The third-order valence-corrected chi connectivity index (χ3v) is 9.35. The molecule has 1 aliphatic heterocycles. The van der Waals surface area contributed by atoms with Crippen LogP contribution in [0.1, 0.15) is 88.9 Å². The van der Waals surface area contributed by atoms with Gasteiger partial charge in [0.1, 0.15) is 22.9 Å². The lowest BCUT2D eigenvalue weighted by atomic mass is 9.45. The van der Waals surface area contributed by atoms with Crippen LogP contribution >= 0.6 is 0 Å². The van der Waals surface area contributed by atoms with E-state index < -0.39 is 17.2 Å². The van der Waals surface area contributed by atoms with E-state index in [4.69, 9.17) is 9.47 Å². The Kier molecular flexibility index (Phi) is 5.39. The fraction of sp³-hybridized carbons (Fsp3) is 0.692. The molecular weight excluding hydrogens is 406 g/mol. The number of aromatic hydroxyl groups is 1. The van der Waals surface area contributed by atoms with Gasteiger partial charge in [0.2, 0.25) is 0 Å². The molecule has 1 heterocycles. The van der Waals surface area contributed by atoms with Crippen molar-refractivity contribution in [2.75, 3.05) is 14.2 Å². The summed E-state index contributed by atoms with van der Waals surface area (Å²) in [5, 5.41) is 10.5. The minimum Gasteiger partial charge on any atom is -0.508 e. The number of ether oxygens (including phenoxy) is 2. The first-order chi connectivity index (χ1) is 14.9. The zero-order chi connectivity index (χ0) is 23.6. The van der Waals surface area contributed by atoms with Crippen molar-refractivity contribution >= 4 is 11.7 Å². The van der Waals surface area contributed by atoms with Crippen LogP contribution in [0, 0.1) is 22.7 Å². The van der Waals surface area contributed by atoms with E-state index in [0.29, 0.717) is 41.4 Å². The molecule has 4 rings (SSSR count). The molecule has 1 amide bonds. The second kappa shape index (κ2) is 7.47. The fourth-order valence-corrected chi connectivity index (χ4v) is 6.98. The monoisotopic (exact) mass is 443 g/mol. The van der Waals surface area contributed by atoms with Gasteiger partial charge in [0, 0.05) is 43.4 Å². The van der Waals surface area contributed by atoms with Gasteiger partial charge in [-0.05, 0) is 37.7 Å². The largest absolute Gasteiger partial charge is 0.508 e. The SMILES string of the molecule is CCC1(C)C(C)CCC2C(C)(C)C(=O)CCC21Oc1cc(O)cc2c1C(OC)N(C)C2=O. The highest BCUT2D eigenvalue weighted by molar-refractivity contribution is 6.00. The number of methoxy groups -OCH3 is 1. The zero-order valence-electron chi connectivity index (χ0n) is 20.4. The summed E-state index contributed by atoms with van der Waals surface area (Å²) in [5.74, 6) is 1.05. The van der Waals surface area contributed by atoms with E-state index in [2.05, 4.69) is 34.6 Å². The molecular formula is C26H37NO5. The third kappa shape index (κ3) is 2.87. The average Bonchev–Trinajstić information content (AvgIpc) is 2.98. The molecule has 1 aromatic rings. The van der Waals surface area contributed by atoms with Gasteiger partial charge in [-0.3, -0.25) is 9.59 Å². The van der Waals surface area contributed by atoms with Crippen molar-refractivity contribution in [3.05, 3.63) is 23.3 Å². The third-order valence-electron chi connectivity index (χ3n) is 9.35. The highest BCUT2D eigenvalue weighted by Crippen LogP contribution is 2.63. The molecule has 5 unspecified atom stereocenters. The molecule has 1 aromatic carbocycles. The van der Waals surface area contributed by atoms with E-state index in [1.54, 1.807) is 20.2 Å². The molecule has 5 atom stereocenters. The number of hydrogen-bond donors (Lipinski definition) is 1. The molecule has 1 N–H and O–H groups in total.